The number of aryl methyl sites for hydroxylation is 1. The minimum Gasteiger partial charge on any atom is -0.356 e. The average Bonchev–Trinajstić information content (AvgIpc) is 2.88. The second-order valence-corrected chi connectivity index (χ2v) is 7.45. The Morgan fingerprint density at radius 2 is 2.05 bits per heavy atom. The molecule has 1 heterocycles. The van der Waals surface area contributed by atoms with Crippen LogP contribution in [0.25, 0.3) is 0 Å². The van der Waals surface area contributed by atoms with E-state index in [1.807, 2.05) is 6.20 Å². The number of nitrogens with zero attached hydrogens (tertiary/aromatic N) is 2. The van der Waals surface area contributed by atoms with Crippen LogP contribution in [0, 0.1) is 0 Å². The first-order valence-electron chi connectivity index (χ1n) is 6.77. The SMILES string of the molecule is CCc1cnc(CCNC(=NC)NCCNS(C)(=O)=O)s1. The summed E-state index contributed by atoms with van der Waals surface area (Å²) in [5.74, 6) is 0.651. The lowest BCUT2D eigenvalue weighted by Gasteiger charge is -2.11. The number of rotatable bonds is 8. The van der Waals surface area contributed by atoms with Crippen LogP contribution in [0.3, 0.4) is 0 Å². The van der Waals surface area contributed by atoms with Gasteiger partial charge >= 0.3 is 0 Å². The fourth-order valence-electron chi connectivity index (χ4n) is 1.55. The smallest absolute Gasteiger partial charge is 0.208 e. The zero-order valence-corrected chi connectivity index (χ0v) is 14.3. The lowest BCUT2D eigenvalue weighted by Crippen LogP contribution is -2.42. The predicted molar refractivity (Wildman–Crippen MR) is 87.4 cm³/mol. The highest BCUT2D eigenvalue weighted by Crippen LogP contribution is 2.13. The van der Waals surface area contributed by atoms with E-state index in [0.717, 1.165) is 30.6 Å². The van der Waals surface area contributed by atoms with Gasteiger partial charge in [-0.2, -0.15) is 0 Å². The van der Waals surface area contributed by atoms with Crippen molar-refractivity contribution in [3.8, 4) is 0 Å². The van der Waals surface area contributed by atoms with E-state index in [1.165, 1.54) is 4.88 Å². The maximum atomic E-state index is 10.9. The predicted octanol–water partition coefficient (Wildman–Crippen LogP) is -0.0378. The molecule has 0 saturated heterocycles. The highest BCUT2D eigenvalue weighted by Gasteiger charge is 2.03. The van der Waals surface area contributed by atoms with E-state index in [-0.39, 0.29) is 0 Å². The molecule has 0 aromatic carbocycles. The van der Waals surface area contributed by atoms with Crippen molar-refractivity contribution in [1.82, 2.24) is 20.3 Å². The van der Waals surface area contributed by atoms with Gasteiger partial charge in [0, 0.05) is 44.2 Å². The molecule has 0 spiro atoms. The van der Waals surface area contributed by atoms with Crippen LogP contribution in [-0.4, -0.2) is 52.3 Å². The molecule has 1 aromatic rings. The number of aromatic nitrogens is 1. The second kappa shape index (κ2) is 8.96. The van der Waals surface area contributed by atoms with E-state index in [0.29, 0.717) is 19.0 Å². The summed E-state index contributed by atoms with van der Waals surface area (Å²) in [5, 5.41) is 7.32. The second-order valence-electron chi connectivity index (χ2n) is 4.42. The number of guanidine groups is 1. The summed E-state index contributed by atoms with van der Waals surface area (Å²) in [6.45, 7) is 3.65. The number of hydrogen-bond donors (Lipinski definition) is 3. The highest BCUT2D eigenvalue weighted by atomic mass is 32.2. The van der Waals surface area contributed by atoms with Crippen LogP contribution in [0.15, 0.2) is 11.2 Å². The van der Waals surface area contributed by atoms with Gasteiger partial charge in [-0.3, -0.25) is 4.99 Å². The van der Waals surface area contributed by atoms with Gasteiger partial charge in [0.05, 0.1) is 11.3 Å². The van der Waals surface area contributed by atoms with Crippen LogP contribution in [0.5, 0.6) is 0 Å². The summed E-state index contributed by atoms with van der Waals surface area (Å²) in [4.78, 5) is 9.72. The first-order chi connectivity index (χ1) is 9.94. The van der Waals surface area contributed by atoms with E-state index in [2.05, 4.69) is 32.3 Å². The van der Waals surface area contributed by atoms with E-state index in [4.69, 9.17) is 0 Å². The van der Waals surface area contributed by atoms with Crippen molar-refractivity contribution in [2.75, 3.05) is 32.9 Å². The summed E-state index contributed by atoms with van der Waals surface area (Å²) in [5.41, 5.74) is 0. The molecule has 7 nitrogen and oxygen atoms in total. The van der Waals surface area contributed by atoms with E-state index in [9.17, 15) is 8.42 Å². The first-order valence-corrected chi connectivity index (χ1v) is 9.48. The van der Waals surface area contributed by atoms with Crippen LogP contribution in [0.4, 0.5) is 0 Å². The van der Waals surface area contributed by atoms with Crippen LogP contribution in [0.2, 0.25) is 0 Å². The third-order valence-electron chi connectivity index (χ3n) is 2.59. The highest BCUT2D eigenvalue weighted by molar-refractivity contribution is 7.88. The van der Waals surface area contributed by atoms with Crippen molar-refractivity contribution >= 4 is 27.3 Å². The van der Waals surface area contributed by atoms with Gasteiger partial charge in [-0.15, -0.1) is 11.3 Å². The molecule has 9 heteroatoms. The molecule has 0 aliphatic heterocycles. The van der Waals surface area contributed by atoms with E-state index >= 15 is 0 Å². The Labute approximate surface area is 130 Å². The van der Waals surface area contributed by atoms with Gasteiger partial charge in [0.25, 0.3) is 0 Å². The molecule has 0 saturated carbocycles. The van der Waals surface area contributed by atoms with Crippen molar-refractivity contribution < 1.29 is 8.42 Å². The Hall–Kier alpha value is -1.19. The largest absolute Gasteiger partial charge is 0.356 e. The molecule has 0 radical (unpaired) electrons. The van der Waals surface area contributed by atoms with Gasteiger partial charge in [0.2, 0.25) is 10.0 Å². The molecule has 0 atom stereocenters. The molecule has 0 fully saturated rings. The van der Waals surface area contributed by atoms with Crippen molar-refractivity contribution in [2.24, 2.45) is 4.99 Å². The molecule has 1 aromatic heterocycles. The topological polar surface area (TPSA) is 95.5 Å². The molecule has 0 bridgehead atoms. The summed E-state index contributed by atoms with van der Waals surface area (Å²) in [7, 11) is -1.46. The van der Waals surface area contributed by atoms with Crippen molar-refractivity contribution in [3.05, 3.63) is 16.1 Å². The minimum absolute atomic E-state index is 0.325. The van der Waals surface area contributed by atoms with Crippen molar-refractivity contribution in [3.63, 3.8) is 0 Å². The maximum absolute atomic E-state index is 10.9. The minimum atomic E-state index is -3.14. The average molecular weight is 333 g/mol. The van der Waals surface area contributed by atoms with E-state index < -0.39 is 10.0 Å². The standard InChI is InChI=1S/C12H23N5O2S2/c1-4-10-9-16-11(20-10)5-6-14-12(13-2)15-7-8-17-21(3,18)19/h9,17H,4-8H2,1-3H3,(H2,13,14,15). The molecular weight excluding hydrogens is 310 g/mol. The lowest BCUT2D eigenvalue weighted by atomic mass is 10.4. The van der Waals surface area contributed by atoms with Gasteiger partial charge in [0.15, 0.2) is 5.96 Å². The molecule has 3 N–H and O–H groups in total. The molecule has 0 aliphatic rings. The summed E-state index contributed by atoms with van der Waals surface area (Å²) >= 11 is 1.73. The lowest BCUT2D eigenvalue weighted by molar-refractivity contribution is 0.586. The monoisotopic (exact) mass is 333 g/mol. The Morgan fingerprint density at radius 3 is 2.62 bits per heavy atom. The van der Waals surface area contributed by atoms with Gasteiger partial charge in [-0.25, -0.2) is 18.1 Å². The Morgan fingerprint density at radius 1 is 1.33 bits per heavy atom. The summed E-state index contributed by atoms with van der Waals surface area (Å²) in [6, 6.07) is 0. The van der Waals surface area contributed by atoms with Gasteiger partial charge in [-0.1, -0.05) is 6.92 Å². The maximum Gasteiger partial charge on any atom is 0.208 e. The third kappa shape index (κ3) is 7.98. The number of hydrogen-bond acceptors (Lipinski definition) is 5. The number of thiazole rings is 1. The van der Waals surface area contributed by atoms with Crippen molar-refractivity contribution in [1.29, 1.82) is 0 Å². The van der Waals surface area contributed by atoms with Crippen molar-refractivity contribution in [2.45, 2.75) is 19.8 Å². The molecule has 120 valence electrons. The summed E-state index contributed by atoms with van der Waals surface area (Å²) < 4.78 is 24.2. The zero-order chi connectivity index (χ0) is 15.7. The number of nitrogens with one attached hydrogen (secondary N) is 3. The molecule has 21 heavy (non-hydrogen) atoms. The molecule has 0 unspecified atom stereocenters. The normalized spacial score (nSPS) is 12.4. The molecule has 0 aliphatic carbocycles. The van der Waals surface area contributed by atoms with Crippen LogP contribution in [-0.2, 0) is 22.9 Å². The van der Waals surface area contributed by atoms with Gasteiger partial charge in [0.1, 0.15) is 0 Å². The Bertz CT molecular complexity index is 554. The number of aliphatic imine (C=N–C) groups is 1. The van der Waals surface area contributed by atoms with E-state index in [1.54, 1.807) is 18.4 Å². The first kappa shape index (κ1) is 17.9. The third-order valence-corrected chi connectivity index (χ3v) is 4.52. The van der Waals surface area contributed by atoms with Crippen LogP contribution >= 0.6 is 11.3 Å². The molecule has 1 rings (SSSR count). The Kier molecular flexibility index (Phi) is 7.62. The number of sulfonamides is 1. The fourth-order valence-corrected chi connectivity index (χ4v) is 2.89. The van der Waals surface area contributed by atoms with Crippen LogP contribution in [0.1, 0.15) is 16.8 Å². The summed E-state index contributed by atoms with van der Waals surface area (Å²) in [6.07, 6.45) is 4.91. The molecular formula is C12H23N5O2S2. The quantitative estimate of drug-likeness (QED) is 0.352. The van der Waals surface area contributed by atoms with Gasteiger partial charge in [-0.05, 0) is 6.42 Å². The van der Waals surface area contributed by atoms with Crippen LogP contribution < -0.4 is 15.4 Å². The molecule has 0 amide bonds. The fraction of sp³-hybridized carbons (Fsp3) is 0.667. The van der Waals surface area contributed by atoms with Gasteiger partial charge < -0.3 is 10.6 Å². The zero-order valence-electron chi connectivity index (χ0n) is 12.6. The Balaban J connectivity index is 2.22.